The molecular weight excluding hydrogens is 579 g/mol. The standard InChI is InChI=1S/C31H27ClF3N7O/c1-20-9-12-24(13-10-20)36-30(43)37-27-18-22(25-7-2-3-8-26(25)29-38-40-41-39-29)11-14-28(27)42(16-15-31(33,34)35)19-21-5-4-6-23(32)17-21/h2-14,17-18H,15-16,19H2,1H3,(H2,36,37,43)(H,38,39,40,41). The van der Waals surface area contributed by atoms with Gasteiger partial charge in [-0.05, 0) is 65.2 Å². The molecule has 0 spiro atoms. The van der Waals surface area contributed by atoms with Crippen LogP contribution in [0.3, 0.4) is 0 Å². The molecular formula is C31H27ClF3N7O. The summed E-state index contributed by atoms with van der Waals surface area (Å²) in [6.45, 7) is 1.72. The molecule has 0 radical (unpaired) electrons. The molecule has 220 valence electrons. The van der Waals surface area contributed by atoms with Gasteiger partial charge in [-0.25, -0.2) is 4.79 Å². The Morgan fingerprint density at radius 3 is 2.40 bits per heavy atom. The van der Waals surface area contributed by atoms with E-state index in [1.165, 1.54) is 0 Å². The Hall–Kier alpha value is -4.90. The summed E-state index contributed by atoms with van der Waals surface area (Å²) in [5.41, 5.74) is 5.16. The van der Waals surface area contributed by atoms with Crippen molar-refractivity contribution in [2.24, 2.45) is 0 Å². The van der Waals surface area contributed by atoms with E-state index in [0.29, 0.717) is 39.0 Å². The van der Waals surface area contributed by atoms with Crippen molar-refractivity contribution >= 4 is 34.7 Å². The van der Waals surface area contributed by atoms with Crippen LogP contribution >= 0.6 is 11.6 Å². The highest BCUT2D eigenvalue weighted by Crippen LogP contribution is 2.37. The average Bonchev–Trinajstić information content (AvgIpc) is 3.51. The van der Waals surface area contributed by atoms with Crippen LogP contribution in [0.2, 0.25) is 5.02 Å². The highest BCUT2D eigenvalue weighted by molar-refractivity contribution is 6.30. The molecule has 0 saturated heterocycles. The number of aromatic amines is 1. The van der Waals surface area contributed by atoms with E-state index >= 15 is 0 Å². The quantitative estimate of drug-likeness (QED) is 0.158. The number of carbonyl (C=O) groups excluding carboxylic acids is 1. The molecule has 5 aromatic rings. The highest BCUT2D eigenvalue weighted by atomic mass is 35.5. The van der Waals surface area contributed by atoms with Gasteiger partial charge in [0.15, 0.2) is 0 Å². The topological polar surface area (TPSA) is 98.8 Å². The number of H-pyrrole nitrogens is 1. The fourth-order valence-electron chi connectivity index (χ4n) is 4.61. The first-order valence-corrected chi connectivity index (χ1v) is 13.7. The van der Waals surface area contributed by atoms with Gasteiger partial charge in [0.2, 0.25) is 5.82 Å². The third-order valence-corrected chi connectivity index (χ3v) is 6.88. The van der Waals surface area contributed by atoms with Crippen molar-refractivity contribution in [3.05, 3.63) is 107 Å². The monoisotopic (exact) mass is 605 g/mol. The van der Waals surface area contributed by atoms with E-state index in [1.54, 1.807) is 59.5 Å². The van der Waals surface area contributed by atoms with Crippen LogP contribution in [-0.4, -0.2) is 39.4 Å². The van der Waals surface area contributed by atoms with E-state index in [9.17, 15) is 18.0 Å². The number of tetrazole rings is 1. The zero-order chi connectivity index (χ0) is 30.4. The number of benzene rings is 4. The Bertz CT molecular complexity index is 1690. The van der Waals surface area contributed by atoms with Gasteiger partial charge in [0, 0.05) is 29.4 Å². The maximum Gasteiger partial charge on any atom is 0.390 e. The summed E-state index contributed by atoms with van der Waals surface area (Å²) >= 11 is 6.18. The molecule has 1 aromatic heterocycles. The van der Waals surface area contributed by atoms with Crippen LogP contribution in [0.5, 0.6) is 0 Å². The van der Waals surface area contributed by atoms with Gasteiger partial charge in [0.05, 0.1) is 17.8 Å². The predicted molar refractivity (Wildman–Crippen MR) is 162 cm³/mol. The molecule has 0 aliphatic carbocycles. The number of aromatic nitrogens is 4. The van der Waals surface area contributed by atoms with Crippen LogP contribution in [0, 0.1) is 6.92 Å². The lowest BCUT2D eigenvalue weighted by molar-refractivity contribution is -0.132. The van der Waals surface area contributed by atoms with Crippen molar-refractivity contribution in [3.8, 4) is 22.5 Å². The fraction of sp³-hybridized carbons (Fsp3) is 0.161. The fourth-order valence-corrected chi connectivity index (χ4v) is 4.82. The van der Waals surface area contributed by atoms with Gasteiger partial charge in [0.25, 0.3) is 0 Å². The van der Waals surface area contributed by atoms with E-state index in [1.807, 2.05) is 43.3 Å². The number of aryl methyl sites for hydroxylation is 1. The van der Waals surface area contributed by atoms with Gasteiger partial charge >= 0.3 is 12.2 Å². The second-order valence-electron chi connectivity index (χ2n) is 9.87. The Morgan fingerprint density at radius 1 is 0.930 bits per heavy atom. The second-order valence-corrected chi connectivity index (χ2v) is 10.3. The molecule has 0 saturated carbocycles. The summed E-state index contributed by atoms with van der Waals surface area (Å²) < 4.78 is 40.3. The molecule has 1 heterocycles. The Labute approximate surface area is 250 Å². The van der Waals surface area contributed by atoms with E-state index in [-0.39, 0.29) is 13.1 Å². The zero-order valence-electron chi connectivity index (χ0n) is 23.0. The largest absolute Gasteiger partial charge is 0.390 e. The SMILES string of the molecule is Cc1ccc(NC(=O)Nc2cc(-c3ccccc3-c3nn[nH]n3)ccc2N(CCC(F)(F)F)Cc2cccc(Cl)c2)cc1. The minimum atomic E-state index is -4.38. The molecule has 0 aliphatic rings. The van der Waals surface area contributed by atoms with Gasteiger partial charge in [-0.3, -0.25) is 0 Å². The highest BCUT2D eigenvalue weighted by Gasteiger charge is 2.29. The van der Waals surface area contributed by atoms with Crippen LogP contribution < -0.4 is 15.5 Å². The van der Waals surface area contributed by atoms with Gasteiger partial charge in [-0.15, -0.1) is 10.2 Å². The maximum atomic E-state index is 13.4. The average molecular weight is 606 g/mol. The first-order valence-electron chi connectivity index (χ1n) is 13.3. The first kappa shape index (κ1) is 29.6. The minimum Gasteiger partial charge on any atom is -0.365 e. The summed E-state index contributed by atoms with van der Waals surface area (Å²) in [5.74, 6) is 0.374. The third-order valence-electron chi connectivity index (χ3n) is 6.65. The lowest BCUT2D eigenvalue weighted by Gasteiger charge is -2.28. The molecule has 43 heavy (non-hydrogen) atoms. The van der Waals surface area contributed by atoms with Crippen LogP contribution in [0.1, 0.15) is 17.5 Å². The lowest BCUT2D eigenvalue weighted by Crippen LogP contribution is -2.29. The molecule has 0 atom stereocenters. The lowest BCUT2D eigenvalue weighted by atomic mass is 9.98. The first-order chi connectivity index (χ1) is 20.6. The molecule has 0 aliphatic heterocycles. The zero-order valence-corrected chi connectivity index (χ0v) is 23.7. The summed E-state index contributed by atoms with van der Waals surface area (Å²) in [4.78, 5) is 14.8. The number of hydrogen-bond donors (Lipinski definition) is 3. The number of carbonyl (C=O) groups is 1. The molecule has 12 heteroatoms. The number of urea groups is 1. The van der Waals surface area contributed by atoms with Crippen LogP contribution in [0.4, 0.5) is 35.0 Å². The Balaban J connectivity index is 1.56. The molecule has 0 bridgehead atoms. The van der Waals surface area contributed by atoms with Crippen LogP contribution in [0.15, 0.2) is 91.0 Å². The van der Waals surface area contributed by atoms with Crippen molar-refractivity contribution in [2.45, 2.75) is 26.1 Å². The van der Waals surface area contributed by atoms with Gasteiger partial charge in [-0.2, -0.15) is 18.4 Å². The van der Waals surface area contributed by atoms with E-state index in [2.05, 4.69) is 31.3 Å². The van der Waals surface area contributed by atoms with Crippen molar-refractivity contribution in [1.29, 1.82) is 0 Å². The van der Waals surface area contributed by atoms with Gasteiger partial charge in [-0.1, -0.05) is 71.8 Å². The maximum absolute atomic E-state index is 13.4. The minimum absolute atomic E-state index is 0.129. The molecule has 0 fully saturated rings. The van der Waals surface area contributed by atoms with Crippen molar-refractivity contribution in [1.82, 2.24) is 20.6 Å². The summed E-state index contributed by atoms with van der Waals surface area (Å²) in [6.07, 6.45) is -5.43. The normalized spacial score (nSPS) is 11.3. The van der Waals surface area contributed by atoms with E-state index in [4.69, 9.17) is 11.6 Å². The summed E-state index contributed by atoms with van der Waals surface area (Å²) in [5, 5.41) is 20.4. The number of amides is 2. The number of alkyl halides is 3. The molecule has 8 nitrogen and oxygen atoms in total. The van der Waals surface area contributed by atoms with Crippen molar-refractivity contribution in [2.75, 3.05) is 22.1 Å². The molecule has 4 aromatic carbocycles. The van der Waals surface area contributed by atoms with Crippen molar-refractivity contribution in [3.63, 3.8) is 0 Å². The number of rotatable bonds is 9. The van der Waals surface area contributed by atoms with Crippen LogP contribution in [-0.2, 0) is 6.54 Å². The second kappa shape index (κ2) is 13.0. The smallest absolute Gasteiger partial charge is 0.365 e. The number of halogens is 4. The van der Waals surface area contributed by atoms with E-state index in [0.717, 1.165) is 16.7 Å². The number of anilines is 3. The van der Waals surface area contributed by atoms with Crippen molar-refractivity contribution < 1.29 is 18.0 Å². The molecule has 5 rings (SSSR count). The number of hydrogen-bond acceptors (Lipinski definition) is 5. The Morgan fingerprint density at radius 2 is 1.70 bits per heavy atom. The number of nitrogens with zero attached hydrogens (tertiary/aromatic N) is 4. The van der Waals surface area contributed by atoms with E-state index < -0.39 is 18.6 Å². The van der Waals surface area contributed by atoms with Gasteiger partial charge < -0.3 is 15.5 Å². The van der Waals surface area contributed by atoms with Gasteiger partial charge in [0.1, 0.15) is 0 Å². The Kier molecular flexibility index (Phi) is 8.91. The number of nitrogens with one attached hydrogen (secondary N) is 3. The molecule has 0 unspecified atom stereocenters. The molecule has 3 N–H and O–H groups in total. The molecule has 2 amide bonds. The van der Waals surface area contributed by atoms with Crippen LogP contribution in [0.25, 0.3) is 22.5 Å². The predicted octanol–water partition coefficient (Wildman–Crippen LogP) is 8.10. The third kappa shape index (κ3) is 7.89. The summed E-state index contributed by atoms with van der Waals surface area (Å²) in [7, 11) is 0. The summed E-state index contributed by atoms with van der Waals surface area (Å²) in [6, 6.07) is 26.2.